The summed E-state index contributed by atoms with van der Waals surface area (Å²) in [6.45, 7) is 4.43. The van der Waals surface area contributed by atoms with Crippen LogP contribution in [0.5, 0.6) is 11.6 Å². The average molecular weight is 422 g/mol. The number of benzene rings is 1. The highest BCUT2D eigenvalue weighted by Gasteiger charge is 2.12. The van der Waals surface area contributed by atoms with Crippen LogP contribution in [0.25, 0.3) is 16.6 Å². The van der Waals surface area contributed by atoms with Crippen LogP contribution in [0, 0.1) is 0 Å². The lowest BCUT2D eigenvalue weighted by molar-refractivity contribution is -0.121. The van der Waals surface area contributed by atoms with E-state index in [0.29, 0.717) is 36.7 Å². The molecule has 0 spiro atoms. The monoisotopic (exact) mass is 422 g/mol. The highest BCUT2D eigenvalue weighted by molar-refractivity contribution is 5.84. The zero-order chi connectivity index (χ0) is 21.8. The molecular weight excluding hydrogens is 396 g/mol. The minimum Gasteiger partial charge on any atom is -0.497 e. The second-order valence-corrected chi connectivity index (χ2v) is 7.55. The summed E-state index contributed by atoms with van der Waals surface area (Å²) in [5.41, 5.74) is 2.81. The molecule has 9 heteroatoms. The van der Waals surface area contributed by atoms with E-state index < -0.39 is 0 Å². The number of carbonyl (C=O) groups is 1. The largest absolute Gasteiger partial charge is 0.497 e. The molecule has 1 aromatic carbocycles. The summed E-state index contributed by atoms with van der Waals surface area (Å²) in [7, 11) is 1.65. The summed E-state index contributed by atoms with van der Waals surface area (Å²) in [4.78, 5) is 15.6. The minimum absolute atomic E-state index is 0.0221. The Morgan fingerprint density at radius 3 is 2.87 bits per heavy atom. The Hall–Kier alpha value is -3.62. The van der Waals surface area contributed by atoms with Gasteiger partial charge in [-0.1, -0.05) is 0 Å². The molecule has 31 heavy (non-hydrogen) atoms. The van der Waals surface area contributed by atoms with Crippen molar-refractivity contribution in [1.82, 2.24) is 30.1 Å². The molecular formula is C22H26N6O3. The molecule has 0 saturated carbocycles. The van der Waals surface area contributed by atoms with Gasteiger partial charge in [-0.15, -0.1) is 15.3 Å². The molecule has 4 aromatic rings. The van der Waals surface area contributed by atoms with Gasteiger partial charge in [0.2, 0.25) is 11.8 Å². The Morgan fingerprint density at radius 1 is 1.19 bits per heavy atom. The number of aryl methyl sites for hydroxylation is 1. The van der Waals surface area contributed by atoms with E-state index in [1.807, 2.05) is 38.2 Å². The van der Waals surface area contributed by atoms with E-state index in [1.54, 1.807) is 23.8 Å². The molecule has 3 aromatic heterocycles. The molecule has 9 nitrogen and oxygen atoms in total. The van der Waals surface area contributed by atoms with E-state index in [1.165, 1.54) is 0 Å². The number of nitrogens with zero attached hydrogens (tertiary/aromatic N) is 4. The molecule has 0 aliphatic rings. The molecule has 0 bridgehead atoms. The van der Waals surface area contributed by atoms with Crippen LogP contribution in [0.1, 0.15) is 31.7 Å². The molecule has 2 N–H and O–H groups in total. The van der Waals surface area contributed by atoms with Gasteiger partial charge in [-0.25, -0.2) is 0 Å². The second-order valence-electron chi connectivity index (χ2n) is 7.55. The maximum absolute atomic E-state index is 12.3. The van der Waals surface area contributed by atoms with Crippen LogP contribution in [0.4, 0.5) is 0 Å². The van der Waals surface area contributed by atoms with E-state index >= 15 is 0 Å². The van der Waals surface area contributed by atoms with Gasteiger partial charge in [-0.05, 0) is 50.1 Å². The normalized spacial score (nSPS) is 11.4. The quantitative estimate of drug-likeness (QED) is 0.430. The van der Waals surface area contributed by atoms with Gasteiger partial charge in [0.15, 0.2) is 11.5 Å². The van der Waals surface area contributed by atoms with Gasteiger partial charge >= 0.3 is 0 Å². The van der Waals surface area contributed by atoms with Gasteiger partial charge in [-0.2, -0.15) is 4.52 Å². The van der Waals surface area contributed by atoms with Crippen LogP contribution in [0.2, 0.25) is 0 Å². The summed E-state index contributed by atoms with van der Waals surface area (Å²) in [5.74, 6) is 1.91. The van der Waals surface area contributed by atoms with Crippen molar-refractivity contribution in [3.8, 4) is 11.6 Å². The first kappa shape index (κ1) is 20.6. The molecule has 0 saturated heterocycles. The Kier molecular flexibility index (Phi) is 6.01. The highest BCUT2D eigenvalue weighted by Crippen LogP contribution is 2.23. The van der Waals surface area contributed by atoms with Crippen LogP contribution in [0.15, 0.2) is 36.5 Å². The predicted molar refractivity (Wildman–Crippen MR) is 116 cm³/mol. The maximum atomic E-state index is 12.3. The third-order valence-corrected chi connectivity index (χ3v) is 4.93. The van der Waals surface area contributed by atoms with Gasteiger partial charge in [0.1, 0.15) is 5.75 Å². The first-order valence-corrected chi connectivity index (χ1v) is 10.3. The molecule has 0 fully saturated rings. The molecule has 162 valence electrons. The fraction of sp³-hybridized carbons (Fsp3) is 0.364. The van der Waals surface area contributed by atoms with Gasteiger partial charge in [0, 0.05) is 42.6 Å². The molecule has 0 aliphatic heterocycles. The third-order valence-electron chi connectivity index (χ3n) is 4.93. The van der Waals surface area contributed by atoms with Gasteiger partial charge in [0.05, 0.1) is 13.2 Å². The van der Waals surface area contributed by atoms with Crippen molar-refractivity contribution in [1.29, 1.82) is 0 Å². The number of hydrogen-bond donors (Lipinski definition) is 2. The standard InChI is InChI=1S/C22H26N6O3/c1-14(2)31-22-9-7-20-26-25-19(28(20)27-22)6-8-21(29)23-11-10-15-13-24-18-5-4-16(30-3)12-17(15)18/h4-5,7,9,12-14,24H,6,8,10-11H2,1-3H3,(H,23,29). The topological polar surface area (TPSA) is 106 Å². The van der Waals surface area contributed by atoms with E-state index in [0.717, 1.165) is 28.6 Å². The molecule has 0 atom stereocenters. The van der Waals surface area contributed by atoms with Gasteiger partial charge in [0.25, 0.3) is 0 Å². The first-order valence-electron chi connectivity index (χ1n) is 10.3. The number of amides is 1. The summed E-state index contributed by atoms with van der Waals surface area (Å²) in [5, 5.41) is 16.8. The number of carbonyl (C=O) groups excluding carboxylic acids is 1. The van der Waals surface area contributed by atoms with Crippen molar-refractivity contribution < 1.29 is 14.3 Å². The van der Waals surface area contributed by atoms with E-state index in [2.05, 4.69) is 25.6 Å². The van der Waals surface area contributed by atoms with Crippen molar-refractivity contribution >= 4 is 22.5 Å². The lowest BCUT2D eigenvalue weighted by Crippen LogP contribution is -2.26. The molecule has 0 unspecified atom stereocenters. The van der Waals surface area contributed by atoms with Crippen LogP contribution in [-0.4, -0.2) is 50.5 Å². The fourth-order valence-corrected chi connectivity index (χ4v) is 3.42. The van der Waals surface area contributed by atoms with Crippen molar-refractivity contribution in [2.45, 2.75) is 39.2 Å². The molecule has 0 radical (unpaired) electrons. The van der Waals surface area contributed by atoms with Crippen molar-refractivity contribution in [3.05, 3.63) is 47.9 Å². The average Bonchev–Trinajstić information content (AvgIpc) is 3.35. The smallest absolute Gasteiger partial charge is 0.232 e. The molecule has 3 heterocycles. The zero-order valence-electron chi connectivity index (χ0n) is 17.9. The third kappa shape index (κ3) is 4.76. The maximum Gasteiger partial charge on any atom is 0.232 e. The van der Waals surface area contributed by atoms with Crippen molar-refractivity contribution in [2.24, 2.45) is 0 Å². The van der Waals surface area contributed by atoms with Crippen LogP contribution >= 0.6 is 0 Å². The number of nitrogens with one attached hydrogen (secondary N) is 2. The Labute approximate surface area is 179 Å². The number of ether oxygens (including phenoxy) is 2. The summed E-state index contributed by atoms with van der Waals surface area (Å²) in [6, 6.07) is 9.48. The lowest BCUT2D eigenvalue weighted by Gasteiger charge is -2.08. The summed E-state index contributed by atoms with van der Waals surface area (Å²) < 4.78 is 12.6. The number of rotatable bonds is 9. The van der Waals surface area contributed by atoms with Gasteiger partial charge < -0.3 is 19.8 Å². The van der Waals surface area contributed by atoms with E-state index in [9.17, 15) is 4.79 Å². The second kappa shape index (κ2) is 9.03. The highest BCUT2D eigenvalue weighted by atomic mass is 16.5. The molecule has 4 rings (SSSR count). The zero-order valence-corrected chi connectivity index (χ0v) is 17.9. The fourth-order valence-electron chi connectivity index (χ4n) is 3.42. The van der Waals surface area contributed by atoms with Crippen LogP contribution in [-0.2, 0) is 17.6 Å². The Bertz CT molecular complexity index is 1200. The van der Waals surface area contributed by atoms with Crippen LogP contribution in [0.3, 0.4) is 0 Å². The molecule has 0 aliphatic carbocycles. The van der Waals surface area contributed by atoms with Crippen LogP contribution < -0.4 is 14.8 Å². The number of aromatic amines is 1. The number of aromatic nitrogens is 5. The van der Waals surface area contributed by atoms with Crippen molar-refractivity contribution in [3.63, 3.8) is 0 Å². The number of H-pyrrole nitrogens is 1. The SMILES string of the molecule is COc1ccc2[nH]cc(CCNC(=O)CCc3nnc4ccc(OC(C)C)nn34)c2c1. The van der Waals surface area contributed by atoms with Crippen molar-refractivity contribution in [2.75, 3.05) is 13.7 Å². The summed E-state index contributed by atoms with van der Waals surface area (Å²) in [6.07, 6.45) is 3.47. The van der Waals surface area contributed by atoms with E-state index in [-0.39, 0.29) is 12.0 Å². The Morgan fingerprint density at radius 2 is 2.06 bits per heavy atom. The Balaban J connectivity index is 1.32. The number of methoxy groups -OCH3 is 1. The lowest BCUT2D eigenvalue weighted by atomic mass is 10.1. The molecule has 1 amide bonds. The first-order chi connectivity index (χ1) is 15.0. The predicted octanol–water partition coefficient (Wildman–Crippen LogP) is 2.69. The summed E-state index contributed by atoms with van der Waals surface area (Å²) >= 11 is 0. The van der Waals surface area contributed by atoms with E-state index in [4.69, 9.17) is 9.47 Å². The van der Waals surface area contributed by atoms with Gasteiger partial charge in [-0.3, -0.25) is 4.79 Å². The number of hydrogen-bond acceptors (Lipinski definition) is 6. The minimum atomic E-state index is -0.0382. The number of fused-ring (bicyclic) bond motifs is 2.